The highest BCUT2D eigenvalue weighted by atomic mass is 16.5. The van der Waals surface area contributed by atoms with Gasteiger partial charge in [-0.1, -0.05) is 11.6 Å². The van der Waals surface area contributed by atoms with Gasteiger partial charge in [0.05, 0.1) is 29.1 Å². The van der Waals surface area contributed by atoms with Crippen LogP contribution in [0.5, 0.6) is 0 Å². The predicted molar refractivity (Wildman–Crippen MR) is 126 cm³/mol. The minimum Gasteiger partial charge on any atom is -0.385 e. The van der Waals surface area contributed by atoms with Crippen LogP contribution in [0.1, 0.15) is 48.7 Å². The minimum atomic E-state index is -0.322. The lowest BCUT2D eigenvalue weighted by atomic mass is 9.84. The van der Waals surface area contributed by atoms with Crippen molar-refractivity contribution in [2.75, 3.05) is 46.4 Å². The summed E-state index contributed by atoms with van der Waals surface area (Å²) in [5.41, 5.74) is 3.86. The molecule has 1 unspecified atom stereocenters. The van der Waals surface area contributed by atoms with Gasteiger partial charge in [-0.2, -0.15) is 5.10 Å². The fourth-order valence-electron chi connectivity index (χ4n) is 4.97. The molecule has 176 valence electrons. The Bertz CT molecular complexity index is 1020. The number of hydrogen-bond acceptors (Lipinski definition) is 5. The van der Waals surface area contributed by atoms with Crippen LogP contribution in [0.25, 0.3) is 5.57 Å². The molecule has 0 N–H and O–H groups in total. The summed E-state index contributed by atoms with van der Waals surface area (Å²) in [5, 5.41) is 4.49. The Balaban J connectivity index is 1.30. The number of piperazine rings is 1. The highest BCUT2D eigenvalue weighted by Gasteiger charge is 2.36. The van der Waals surface area contributed by atoms with E-state index in [0.29, 0.717) is 17.2 Å². The molecule has 2 fully saturated rings. The molecule has 3 heterocycles. The summed E-state index contributed by atoms with van der Waals surface area (Å²) in [6.45, 7) is 7.96. The van der Waals surface area contributed by atoms with Gasteiger partial charge >= 0.3 is 0 Å². The second-order valence-electron chi connectivity index (χ2n) is 9.65. The van der Waals surface area contributed by atoms with Crippen LogP contribution in [0.4, 0.5) is 0 Å². The van der Waals surface area contributed by atoms with E-state index in [1.54, 1.807) is 13.3 Å². The number of methoxy groups -OCH3 is 1. The van der Waals surface area contributed by atoms with Crippen molar-refractivity contribution in [1.82, 2.24) is 19.6 Å². The normalized spacial score (nSPS) is 23.0. The van der Waals surface area contributed by atoms with E-state index in [1.165, 1.54) is 12.8 Å². The van der Waals surface area contributed by atoms with Crippen LogP contribution in [0.15, 0.2) is 28.9 Å². The Morgan fingerprint density at radius 2 is 1.97 bits per heavy atom. The Morgan fingerprint density at radius 1 is 1.18 bits per heavy atom. The molecule has 8 nitrogen and oxygen atoms in total. The zero-order valence-corrected chi connectivity index (χ0v) is 19.6. The molecule has 1 aromatic rings. The van der Waals surface area contributed by atoms with Crippen molar-refractivity contribution in [3.8, 4) is 0 Å². The molecule has 0 aromatic carbocycles. The Morgan fingerprint density at radius 3 is 2.70 bits per heavy atom. The van der Waals surface area contributed by atoms with Gasteiger partial charge in [0, 0.05) is 52.0 Å². The quantitative estimate of drug-likeness (QED) is 0.567. The van der Waals surface area contributed by atoms with Crippen LogP contribution in [-0.2, 0) is 16.1 Å². The van der Waals surface area contributed by atoms with Gasteiger partial charge in [0.25, 0.3) is 5.91 Å². The van der Waals surface area contributed by atoms with Crippen molar-refractivity contribution in [2.24, 2.45) is 16.8 Å². The number of ether oxygens (including phenoxy) is 1. The Kier molecular flexibility index (Phi) is 6.29. The van der Waals surface area contributed by atoms with Gasteiger partial charge < -0.3 is 9.64 Å². The van der Waals surface area contributed by atoms with Gasteiger partial charge in [-0.15, -0.1) is 0 Å². The summed E-state index contributed by atoms with van der Waals surface area (Å²) >= 11 is 0. The van der Waals surface area contributed by atoms with Crippen LogP contribution in [0.3, 0.4) is 0 Å². The van der Waals surface area contributed by atoms with Gasteiger partial charge in [-0.05, 0) is 51.1 Å². The smallest absolute Gasteiger partial charge is 0.281 e. The average molecular weight is 452 g/mol. The molecule has 1 saturated carbocycles. The first-order valence-corrected chi connectivity index (χ1v) is 12.1. The summed E-state index contributed by atoms with van der Waals surface area (Å²) in [7, 11) is 1.74. The largest absolute Gasteiger partial charge is 0.385 e. The molecule has 4 aliphatic rings. The second kappa shape index (κ2) is 9.35. The van der Waals surface area contributed by atoms with Crippen molar-refractivity contribution in [2.45, 2.75) is 39.2 Å². The van der Waals surface area contributed by atoms with Gasteiger partial charge in [-0.3, -0.25) is 19.2 Å². The number of amides is 2. The number of nitrogens with zero attached hydrogens (tertiary/aromatic N) is 5. The monoisotopic (exact) mass is 451 g/mol. The SMILES string of the molecule is COCCCCN1CCN(C(=O)C2C=C3C(=NC(=O)c4cnn(CC5CC5)c43)C=C2C)CC1. The zero-order valence-electron chi connectivity index (χ0n) is 19.6. The fourth-order valence-corrected chi connectivity index (χ4v) is 4.97. The Labute approximate surface area is 195 Å². The number of allylic oxidation sites excluding steroid dienone is 2. The number of carbonyl (C=O) groups excluding carboxylic acids is 2. The van der Waals surface area contributed by atoms with Crippen LogP contribution >= 0.6 is 0 Å². The molecule has 2 aliphatic carbocycles. The number of rotatable bonds is 8. The predicted octanol–water partition coefficient (Wildman–Crippen LogP) is 2.42. The number of carbonyl (C=O) groups is 2. The van der Waals surface area contributed by atoms with Gasteiger partial charge in [-0.25, -0.2) is 4.99 Å². The van der Waals surface area contributed by atoms with E-state index in [0.717, 1.165) is 75.6 Å². The standard InChI is InChI=1S/C25H33N5O3/c1-17-13-22-20(23-21(24(31)27-22)15-26-30(23)16-18-5-6-18)14-19(17)25(32)29-10-8-28(9-11-29)7-3-4-12-33-2/h13-15,18-19H,3-12,16H2,1-2H3. The Hall–Kier alpha value is -2.58. The van der Waals surface area contributed by atoms with Gasteiger partial charge in [0.1, 0.15) is 0 Å². The summed E-state index contributed by atoms with van der Waals surface area (Å²) in [6.07, 6.45) is 10.2. The highest BCUT2D eigenvalue weighted by Crippen LogP contribution is 2.37. The van der Waals surface area contributed by atoms with Gasteiger partial charge in [0.2, 0.25) is 5.91 Å². The van der Waals surface area contributed by atoms with E-state index < -0.39 is 0 Å². The second-order valence-corrected chi connectivity index (χ2v) is 9.65. The summed E-state index contributed by atoms with van der Waals surface area (Å²) < 4.78 is 7.08. The van der Waals surface area contributed by atoms with E-state index in [1.807, 2.05) is 28.7 Å². The van der Waals surface area contributed by atoms with E-state index in [-0.39, 0.29) is 17.7 Å². The molecular weight excluding hydrogens is 418 g/mol. The van der Waals surface area contributed by atoms with Gasteiger partial charge in [0.15, 0.2) is 0 Å². The van der Waals surface area contributed by atoms with E-state index in [4.69, 9.17) is 4.74 Å². The molecule has 1 aromatic heterocycles. The maximum Gasteiger partial charge on any atom is 0.281 e. The van der Waals surface area contributed by atoms with Crippen molar-refractivity contribution in [3.63, 3.8) is 0 Å². The molecular formula is C25H33N5O3. The van der Waals surface area contributed by atoms with Crippen LogP contribution < -0.4 is 0 Å². The van der Waals surface area contributed by atoms with E-state index >= 15 is 0 Å². The lowest BCUT2D eigenvalue weighted by Gasteiger charge is -2.37. The number of hydrogen-bond donors (Lipinski definition) is 0. The fraction of sp³-hybridized carbons (Fsp3) is 0.600. The maximum atomic E-state index is 13.5. The molecule has 5 rings (SSSR count). The first kappa shape index (κ1) is 22.2. The number of aromatic nitrogens is 2. The first-order valence-electron chi connectivity index (χ1n) is 12.1. The molecule has 1 saturated heterocycles. The average Bonchev–Trinajstić information content (AvgIpc) is 3.53. The van der Waals surface area contributed by atoms with Crippen molar-refractivity contribution < 1.29 is 14.3 Å². The number of unbranched alkanes of at least 4 members (excludes halogenated alkanes) is 1. The summed E-state index contributed by atoms with van der Waals surface area (Å²) in [4.78, 5) is 34.8. The molecule has 0 bridgehead atoms. The summed E-state index contributed by atoms with van der Waals surface area (Å²) in [6, 6.07) is 0. The molecule has 1 atom stereocenters. The molecule has 2 aliphatic heterocycles. The lowest BCUT2D eigenvalue weighted by Crippen LogP contribution is -2.50. The highest BCUT2D eigenvalue weighted by molar-refractivity contribution is 6.36. The third kappa shape index (κ3) is 4.59. The minimum absolute atomic E-state index is 0.140. The van der Waals surface area contributed by atoms with E-state index in [2.05, 4.69) is 15.0 Å². The zero-order chi connectivity index (χ0) is 22.9. The van der Waals surface area contributed by atoms with E-state index in [9.17, 15) is 9.59 Å². The third-order valence-electron chi connectivity index (χ3n) is 7.16. The molecule has 0 radical (unpaired) electrons. The maximum absolute atomic E-state index is 13.5. The number of aliphatic imine (C=N–C) groups is 1. The van der Waals surface area contributed by atoms with Crippen molar-refractivity contribution in [1.29, 1.82) is 0 Å². The lowest BCUT2D eigenvalue weighted by molar-refractivity contribution is -0.134. The molecule has 33 heavy (non-hydrogen) atoms. The van der Waals surface area contributed by atoms with Crippen molar-refractivity contribution >= 4 is 23.1 Å². The first-order chi connectivity index (χ1) is 16.0. The van der Waals surface area contributed by atoms with Crippen LogP contribution in [0, 0.1) is 11.8 Å². The summed E-state index contributed by atoms with van der Waals surface area (Å²) in [5.74, 6) is 0.212. The van der Waals surface area contributed by atoms with Crippen LogP contribution in [-0.4, -0.2) is 83.5 Å². The topological polar surface area (TPSA) is 80.0 Å². The molecule has 0 spiro atoms. The van der Waals surface area contributed by atoms with Crippen molar-refractivity contribution in [3.05, 3.63) is 35.2 Å². The number of fused-ring (bicyclic) bond motifs is 3. The third-order valence-corrected chi connectivity index (χ3v) is 7.16. The molecule has 2 amide bonds. The van der Waals surface area contributed by atoms with Crippen LogP contribution in [0.2, 0.25) is 0 Å². The molecule has 8 heteroatoms.